The quantitative estimate of drug-likeness (QED) is 0.223. The third kappa shape index (κ3) is 5.88. The number of benzene rings is 2. The van der Waals surface area contributed by atoms with Gasteiger partial charge in [0.05, 0.1) is 33.3 Å². The van der Waals surface area contributed by atoms with E-state index in [2.05, 4.69) is 14.8 Å². The molecule has 50 heavy (non-hydrogen) atoms. The lowest BCUT2D eigenvalue weighted by Gasteiger charge is -2.38. The van der Waals surface area contributed by atoms with Crippen molar-refractivity contribution in [3.63, 3.8) is 0 Å². The van der Waals surface area contributed by atoms with Crippen molar-refractivity contribution in [2.75, 3.05) is 50.5 Å². The molecule has 15 heteroatoms. The van der Waals surface area contributed by atoms with Gasteiger partial charge in [0.2, 0.25) is 0 Å². The third-order valence-corrected chi connectivity index (χ3v) is 11.3. The molecule has 0 unspecified atom stereocenters. The Morgan fingerprint density at radius 1 is 1.14 bits per heavy atom. The smallest absolute Gasteiger partial charge is 0.410 e. The number of halogens is 3. The van der Waals surface area contributed by atoms with E-state index >= 15 is 8.78 Å². The van der Waals surface area contributed by atoms with Gasteiger partial charge in [-0.3, -0.25) is 4.90 Å². The van der Waals surface area contributed by atoms with Crippen LogP contribution in [-0.4, -0.2) is 90.0 Å². The van der Waals surface area contributed by atoms with E-state index in [9.17, 15) is 10.1 Å². The number of amides is 1. The van der Waals surface area contributed by atoms with Gasteiger partial charge in [-0.2, -0.15) is 15.2 Å². The van der Waals surface area contributed by atoms with Crippen LogP contribution in [0.5, 0.6) is 11.8 Å². The van der Waals surface area contributed by atoms with E-state index in [0.717, 1.165) is 30.7 Å². The number of carbonyl (C=O) groups is 1. The summed E-state index contributed by atoms with van der Waals surface area (Å²) >= 11 is 7.98. The van der Waals surface area contributed by atoms with Gasteiger partial charge >= 0.3 is 12.1 Å². The van der Waals surface area contributed by atoms with E-state index in [1.54, 1.807) is 4.90 Å². The minimum atomic E-state index is -0.786. The number of rotatable bonds is 6. The number of likely N-dealkylation sites (tertiary alicyclic amines) is 2. The maximum Gasteiger partial charge on any atom is 0.410 e. The summed E-state index contributed by atoms with van der Waals surface area (Å²) in [4.78, 5) is 28.2. The predicted molar refractivity (Wildman–Crippen MR) is 189 cm³/mol. The number of piperidine rings is 1. The lowest BCUT2D eigenvalue weighted by molar-refractivity contribution is 0.0689. The Morgan fingerprint density at radius 3 is 2.58 bits per heavy atom. The normalized spacial score (nSPS) is 19.1. The molecule has 3 aliphatic rings. The first-order valence-corrected chi connectivity index (χ1v) is 18.0. The largest absolute Gasteiger partial charge is 0.489 e. The number of thiophene rings is 1. The Hall–Kier alpha value is -4.19. The average molecular weight is 726 g/mol. The molecule has 2 N–H and O–H groups in total. The number of ether oxygens (including phenoxy) is 3. The van der Waals surface area contributed by atoms with Gasteiger partial charge in [-0.25, -0.2) is 13.6 Å². The zero-order chi connectivity index (χ0) is 35.4. The fourth-order valence-electron chi connectivity index (χ4n) is 7.49. The summed E-state index contributed by atoms with van der Waals surface area (Å²) in [6, 6.07) is 4.71. The maximum absolute atomic E-state index is 17.3. The first-order chi connectivity index (χ1) is 24.0. The monoisotopic (exact) mass is 725 g/mol. The van der Waals surface area contributed by atoms with Crippen LogP contribution in [0.2, 0.25) is 5.02 Å². The van der Waals surface area contributed by atoms with Crippen molar-refractivity contribution in [3.05, 3.63) is 34.4 Å². The van der Waals surface area contributed by atoms with Crippen LogP contribution in [0, 0.1) is 23.0 Å². The second-order valence-corrected chi connectivity index (χ2v) is 14.8. The average Bonchev–Trinajstić information content (AvgIpc) is 3.61. The summed E-state index contributed by atoms with van der Waals surface area (Å²) in [5.41, 5.74) is 6.19. The molecule has 2 aromatic heterocycles. The van der Waals surface area contributed by atoms with Gasteiger partial charge in [0.25, 0.3) is 0 Å². The van der Waals surface area contributed by atoms with Crippen LogP contribution in [0.25, 0.3) is 32.1 Å². The Morgan fingerprint density at radius 2 is 1.90 bits per heavy atom. The van der Waals surface area contributed by atoms with E-state index in [4.69, 9.17) is 36.5 Å². The highest BCUT2D eigenvalue weighted by atomic mass is 35.5. The number of hydrogen-bond donors (Lipinski definition) is 1. The molecule has 0 saturated carbocycles. The van der Waals surface area contributed by atoms with Gasteiger partial charge in [-0.15, -0.1) is 11.3 Å². The number of nitrogens with two attached hydrogens (primary N) is 1. The number of likely N-dealkylation sites (N-methyl/N-ethyl adjacent to an activating group) is 1. The molecule has 0 aliphatic carbocycles. The molecule has 0 radical (unpaired) electrons. The molecule has 2 atom stereocenters. The molecule has 264 valence electrons. The molecule has 4 aromatic rings. The summed E-state index contributed by atoms with van der Waals surface area (Å²) in [6.07, 6.45) is 2.35. The van der Waals surface area contributed by atoms with Gasteiger partial charge in [0, 0.05) is 36.1 Å². The van der Waals surface area contributed by atoms with Crippen molar-refractivity contribution in [3.8, 4) is 29.0 Å². The van der Waals surface area contributed by atoms with Crippen molar-refractivity contribution >= 4 is 60.8 Å². The highest BCUT2D eigenvalue weighted by Gasteiger charge is 2.36. The Labute approximate surface area is 297 Å². The van der Waals surface area contributed by atoms with Crippen LogP contribution in [0.3, 0.4) is 0 Å². The fraction of sp³-hybridized carbons (Fsp3) is 0.486. The summed E-state index contributed by atoms with van der Waals surface area (Å²) in [5.74, 6) is -0.769. The van der Waals surface area contributed by atoms with Gasteiger partial charge in [-0.05, 0) is 71.7 Å². The van der Waals surface area contributed by atoms with Crippen molar-refractivity contribution in [2.45, 2.75) is 70.7 Å². The molecule has 2 aromatic carbocycles. The molecule has 5 heterocycles. The molecule has 2 saturated heterocycles. The second kappa shape index (κ2) is 13.5. The fourth-order valence-corrected chi connectivity index (χ4v) is 8.78. The number of hydrogen-bond acceptors (Lipinski definition) is 11. The van der Waals surface area contributed by atoms with Crippen LogP contribution in [0.1, 0.15) is 52.0 Å². The summed E-state index contributed by atoms with van der Waals surface area (Å²) in [7, 11) is 2.05. The van der Waals surface area contributed by atoms with E-state index in [-0.39, 0.29) is 96.5 Å². The molecule has 2 fully saturated rings. The lowest BCUT2D eigenvalue weighted by atomic mass is 9.96. The lowest BCUT2D eigenvalue weighted by Crippen LogP contribution is -2.48. The number of fused-ring (bicyclic) bond motifs is 1. The maximum atomic E-state index is 17.3. The predicted octanol–water partition coefficient (Wildman–Crippen LogP) is 6.97. The van der Waals surface area contributed by atoms with Gasteiger partial charge < -0.3 is 29.7 Å². The zero-order valence-electron chi connectivity index (χ0n) is 28.3. The summed E-state index contributed by atoms with van der Waals surface area (Å²) < 4.78 is 50.5. The Bertz CT molecular complexity index is 2030. The Balaban J connectivity index is 1.39. The van der Waals surface area contributed by atoms with Gasteiger partial charge in [0.15, 0.2) is 11.6 Å². The molecular formula is C35H38ClF2N7O4S. The molecule has 7 rings (SSSR count). The molecular weight excluding hydrogens is 688 g/mol. The minimum Gasteiger partial charge on any atom is -0.489 e. The zero-order valence-corrected chi connectivity index (χ0v) is 29.8. The van der Waals surface area contributed by atoms with Crippen molar-refractivity contribution < 1.29 is 27.8 Å². The molecule has 0 spiro atoms. The number of carbonyl (C=O) groups excluding carboxylic acids is 1. The molecule has 3 aliphatic heterocycles. The van der Waals surface area contributed by atoms with Gasteiger partial charge in [0.1, 0.15) is 40.9 Å². The number of anilines is 2. The van der Waals surface area contributed by atoms with Crippen molar-refractivity contribution in [1.29, 1.82) is 5.26 Å². The highest BCUT2D eigenvalue weighted by Crippen LogP contribution is 2.51. The van der Waals surface area contributed by atoms with Crippen LogP contribution < -0.4 is 20.1 Å². The van der Waals surface area contributed by atoms with Crippen molar-refractivity contribution in [2.24, 2.45) is 0 Å². The molecule has 1 amide bonds. The number of nitrogens with zero attached hydrogens (tertiary/aromatic N) is 6. The van der Waals surface area contributed by atoms with E-state index in [0.29, 0.717) is 38.3 Å². The van der Waals surface area contributed by atoms with Crippen LogP contribution in [-0.2, 0) is 4.74 Å². The first-order valence-electron chi connectivity index (χ1n) is 16.8. The second-order valence-electron chi connectivity index (χ2n) is 13.3. The Kier molecular flexibility index (Phi) is 9.25. The van der Waals surface area contributed by atoms with Crippen LogP contribution in [0.15, 0.2) is 12.1 Å². The first kappa shape index (κ1) is 34.3. The van der Waals surface area contributed by atoms with Gasteiger partial charge in [-0.1, -0.05) is 17.7 Å². The highest BCUT2D eigenvalue weighted by molar-refractivity contribution is 7.23. The van der Waals surface area contributed by atoms with E-state index < -0.39 is 11.6 Å². The van der Waals surface area contributed by atoms with E-state index in [1.165, 1.54) is 12.1 Å². The van der Waals surface area contributed by atoms with Crippen LogP contribution in [0.4, 0.5) is 24.4 Å². The molecule has 11 nitrogen and oxygen atoms in total. The van der Waals surface area contributed by atoms with Crippen molar-refractivity contribution in [1.82, 2.24) is 19.8 Å². The number of aromatic nitrogens is 2. The van der Waals surface area contributed by atoms with Crippen LogP contribution >= 0.6 is 22.9 Å². The summed E-state index contributed by atoms with van der Waals surface area (Å²) in [5, 5.41) is 10.5. The van der Waals surface area contributed by atoms with E-state index in [1.807, 2.05) is 33.9 Å². The topological polar surface area (TPSA) is 130 Å². The SMILES string of the molecule is CC(C)OC(=O)N1CCC(N2CCOc3c(Cl)c(-c4ccc(F)c5sc(N)c(C#N)c45)c(F)c4nc(O[C@@H](C)[C@@H]5CCCN5C)nc2c34)CC1. The number of nitriles is 1. The summed E-state index contributed by atoms with van der Waals surface area (Å²) in [6.45, 7) is 8.08. The number of nitrogen functional groups attached to an aromatic ring is 1. The standard InChI is InChI=1S/C35H38ClF2N7O4S/c1-17(2)48-35(46)44-12-9-19(10-13-44)45-14-15-47-30-26-29(41-34(42-33(26)45)49-18(3)23-6-5-11-43(23)4)28(38)25(27(30)36)20-7-8-22(37)31-24(20)21(16-39)32(40)50-31/h7-8,17-19,23H,5-6,9-15,40H2,1-4H3/t18-,23-/m0/s1. The third-order valence-electron chi connectivity index (χ3n) is 9.90. The molecule has 0 bridgehead atoms. The minimum absolute atomic E-state index is 0.00464.